The molecule has 0 aliphatic rings. The fourth-order valence-electron chi connectivity index (χ4n) is 2.78. The molecular weight excluding hydrogens is 312 g/mol. The first-order valence-corrected chi connectivity index (χ1v) is 8.79. The molecule has 3 heterocycles. The molecule has 3 aromatic heterocycles. The van der Waals surface area contributed by atoms with Gasteiger partial charge >= 0.3 is 0 Å². The monoisotopic (exact) mass is 334 g/mol. The van der Waals surface area contributed by atoms with Gasteiger partial charge in [-0.3, -0.25) is 4.90 Å². The highest BCUT2D eigenvalue weighted by atomic mass is 32.1. The van der Waals surface area contributed by atoms with E-state index in [9.17, 15) is 5.11 Å². The molecule has 3 aromatic rings. The van der Waals surface area contributed by atoms with Gasteiger partial charge in [0.15, 0.2) is 0 Å². The summed E-state index contributed by atoms with van der Waals surface area (Å²) in [6.45, 7) is 8.07. The highest BCUT2D eigenvalue weighted by molar-refractivity contribution is 7.17. The predicted molar refractivity (Wildman–Crippen MR) is 90.0 cm³/mol. The van der Waals surface area contributed by atoms with E-state index in [1.54, 1.807) is 0 Å². The molecule has 1 atom stereocenters. The van der Waals surface area contributed by atoms with Crippen molar-refractivity contribution >= 4 is 16.3 Å². The van der Waals surface area contributed by atoms with Crippen LogP contribution in [-0.4, -0.2) is 37.7 Å². The number of fused-ring (bicyclic) bond motifs is 1. The Morgan fingerprint density at radius 1 is 1.39 bits per heavy atom. The van der Waals surface area contributed by atoms with Gasteiger partial charge in [-0.1, -0.05) is 31.6 Å². The van der Waals surface area contributed by atoms with Crippen molar-refractivity contribution in [2.24, 2.45) is 0 Å². The van der Waals surface area contributed by atoms with Gasteiger partial charge < -0.3 is 9.52 Å². The molecule has 1 N–H and O–H groups in total. The number of rotatable bonds is 7. The normalized spacial score (nSPS) is 13.2. The van der Waals surface area contributed by atoms with E-state index < -0.39 is 0 Å². The summed E-state index contributed by atoms with van der Waals surface area (Å²) in [6.07, 6.45) is 3.68. The van der Waals surface area contributed by atoms with Crippen LogP contribution in [0.25, 0.3) is 4.96 Å². The van der Waals surface area contributed by atoms with Gasteiger partial charge in [-0.15, -0.1) is 0 Å². The molecule has 0 amide bonds. The maximum atomic E-state index is 10.6. The van der Waals surface area contributed by atoms with E-state index in [0.717, 1.165) is 42.3 Å². The summed E-state index contributed by atoms with van der Waals surface area (Å²) in [5, 5.41) is 14.7. The van der Waals surface area contributed by atoms with E-state index >= 15 is 0 Å². The van der Waals surface area contributed by atoms with E-state index in [1.807, 2.05) is 19.1 Å². The zero-order valence-corrected chi connectivity index (χ0v) is 14.5. The van der Waals surface area contributed by atoms with Crippen molar-refractivity contribution in [3.8, 4) is 5.88 Å². The Kier molecular flexibility index (Phi) is 4.68. The molecule has 0 aliphatic heterocycles. The summed E-state index contributed by atoms with van der Waals surface area (Å²) < 4.78 is 7.38. The highest BCUT2D eigenvalue weighted by Crippen LogP contribution is 2.40. The Bertz CT molecular complexity index is 776. The molecule has 6 nitrogen and oxygen atoms in total. The van der Waals surface area contributed by atoms with Crippen LogP contribution in [0, 0.1) is 6.92 Å². The van der Waals surface area contributed by atoms with Gasteiger partial charge in [0, 0.05) is 0 Å². The summed E-state index contributed by atoms with van der Waals surface area (Å²) in [6, 6.07) is 3.84. The van der Waals surface area contributed by atoms with Crippen LogP contribution in [0.4, 0.5) is 0 Å². The number of thiazole rings is 1. The van der Waals surface area contributed by atoms with Crippen LogP contribution >= 0.6 is 11.3 Å². The Morgan fingerprint density at radius 3 is 2.83 bits per heavy atom. The molecule has 23 heavy (non-hydrogen) atoms. The summed E-state index contributed by atoms with van der Waals surface area (Å²) >= 11 is 1.46. The largest absolute Gasteiger partial charge is 0.492 e. The van der Waals surface area contributed by atoms with Crippen molar-refractivity contribution in [2.75, 3.05) is 13.1 Å². The molecular formula is C16H22N4O2S. The molecule has 3 rings (SSSR count). The Labute approximate surface area is 139 Å². The second-order valence-electron chi connectivity index (χ2n) is 5.58. The predicted octanol–water partition coefficient (Wildman–Crippen LogP) is 3.61. The summed E-state index contributed by atoms with van der Waals surface area (Å²) in [4.78, 5) is 8.03. The minimum atomic E-state index is -0.117. The minimum Gasteiger partial charge on any atom is -0.492 e. The van der Waals surface area contributed by atoms with Crippen molar-refractivity contribution in [1.82, 2.24) is 19.5 Å². The maximum Gasteiger partial charge on any atom is 0.230 e. The third-order valence-corrected chi connectivity index (χ3v) is 5.07. The number of aromatic hydroxyl groups is 1. The lowest BCUT2D eigenvalue weighted by atomic mass is 10.1. The van der Waals surface area contributed by atoms with Crippen LogP contribution in [0.2, 0.25) is 0 Å². The van der Waals surface area contributed by atoms with Gasteiger partial charge in [0.05, 0.1) is 4.88 Å². The molecule has 7 heteroatoms. The summed E-state index contributed by atoms with van der Waals surface area (Å²) in [5.41, 5.74) is 0. The molecule has 0 radical (unpaired) electrons. The van der Waals surface area contributed by atoms with Crippen LogP contribution in [0.5, 0.6) is 5.88 Å². The lowest BCUT2D eigenvalue weighted by Crippen LogP contribution is -2.30. The van der Waals surface area contributed by atoms with E-state index in [4.69, 9.17) is 4.42 Å². The number of hydrogen-bond donors (Lipinski definition) is 1. The SMILES string of the molecule is CCCCN(CC)C(c1ccc(C)o1)c1sc2ncnn2c1O. The van der Waals surface area contributed by atoms with Gasteiger partial charge in [-0.05, 0) is 38.6 Å². The van der Waals surface area contributed by atoms with Crippen molar-refractivity contribution < 1.29 is 9.52 Å². The number of hydrogen-bond acceptors (Lipinski definition) is 6. The van der Waals surface area contributed by atoms with Gasteiger partial charge in [-0.25, -0.2) is 4.98 Å². The summed E-state index contributed by atoms with van der Waals surface area (Å²) in [5.74, 6) is 1.87. The van der Waals surface area contributed by atoms with Crippen LogP contribution in [0.3, 0.4) is 0 Å². The first-order chi connectivity index (χ1) is 11.2. The summed E-state index contributed by atoms with van der Waals surface area (Å²) in [7, 11) is 0. The second kappa shape index (κ2) is 6.72. The van der Waals surface area contributed by atoms with Crippen molar-refractivity contribution in [1.29, 1.82) is 0 Å². The minimum absolute atomic E-state index is 0.117. The van der Waals surface area contributed by atoms with Crippen molar-refractivity contribution in [3.05, 3.63) is 34.9 Å². The maximum absolute atomic E-state index is 10.6. The first kappa shape index (κ1) is 16.0. The van der Waals surface area contributed by atoms with E-state index in [0.29, 0.717) is 4.96 Å². The third-order valence-electron chi connectivity index (χ3n) is 3.99. The van der Waals surface area contributed by atoms with Crippen LogP contribution < -0.4 is 0 Å². The van der Waals surface area contributed by atoms with Crippen molar-refractivity contribution in [3.63, 3.8) is 0 Å². The van der Waals surface area contributed by atoms with Gasteiger partial charge in [0.2, 0.25) is 10.8 Å². The number of nitrogens with zero attached hydrogens (tertiary/aromatic N) is 4. The van der Waals surface area contributed by atoms with Crippen LogP contribution in [0.1, 0.15) is 49.1 Å². The quantitative estimate of drug-likeness (QED) is 0.715. The number of aryl methyl sites for hydroxylation is 1. The smallest absolute Gasteiger partial charge is 0.230 e. The van der Waals surface area contributed by atoms with E-state index in [2.05, 4.69) is 28.8 Å². The Morgan fingerprint density at radius 2 is 2.22 bits per heavy atom. The lowest BCUT2D eigenvalue weighted by molar-refractivity contribution is 0.207. The van der Waals surface area contributed by atoms with Crippen LogP contribution in [-0.2, 0) is 0 Å². The lowest BCUT2D eigenvalue weighted by Gasteiger charge is -2.28. The van der Waals surface area contributed by atoms with Crippen molar-refractivity contribution in [2.45, 2.75) is 39.7 Å². The molecule has 0 saturated heterocycles. The van der Waals surface area contributed by atoms with E-state index in [-0.39, 0.29) is 11.9 Å². The van der Waals surface area contributed by atoms with E-state index in [1.165, 1.54) is 22.2 Å². The number of aromatic nitrogens is 3. The average Bonchev–Trinajstić information content (AvgIpc) is 3.23. The van der Waals surface area contributed by atoms with Crippen LogP contribution in [0.15, 0.2) is 22.9 Å². The molecule has 0 bridgehead atoms. The first-order valence-electron chi connectivity index (χ1n) is 7.97. The zero-order valence-electron chi connectivity index (χ0n) is 13.7. The molecule has 0 fully saturated rings. The highest BCUT2D eigenvalue weighted by Gasteiger charge is 2.30. The third kappa shape index (κ3) is 2.98. The topological polar surface area (TPSA) is 66.8 Å². The molecule has 0 aliphatic carbocycles. The number of furan rings is 1. The fourth-order valence-corrected chi connectivity index (χ4v) is 3.85. The Balaban J connectivity index is 2.06. The number of unbranched alkanes of at least 4 members (excludes halogenated alkanes) is 1. The standard InChI is InChI=1S/C16H22N4O2S/c1-4-6-9-19(5-2)13(12-8-7-11(3)22-12)14-15(21)20-16(23-14)17-10-18-20/h7-8,10,13,21H,4-6,9H2,1-3H3. The van der Waals surface area contributed by atoms with Gasteiger partial charge in [0.1, 0.15) is 23.9 Å². The Hall–Kier alpha value is -1.86. The molecule has 0 spiro atoms. The van der Waals surface area contributed by atoms with Gasteiger partial charge in [-0.2, -0.15) is 9.61 Å². The molecule has 0 saturated carbocycles. The molecule has 0 aromatic carbocycles. The second-order valence-corrected chi connectivity index (χ2v) is 6.59. The fraction of sp³-hybridized carbons (Fsp3) is 0.500. The van der Waals surface area contributed by atoms with Gasteiger partial charge in [0.25, 0.3) is 0 Å². The average molecular weight is 334 g/mol. The molecule has 1 unspecified atom stereocenters. The zero-order chi connectivity index (χ0) is 16.4. The molecule has 124 valence electrons.